The van der Waals surface area contributed by atoms with Crippen LogP contribution in [0, 0.1) is 5.82 Å². The number of carbonyl (C=O) groups excluding carboxylic acids is 1. The van der Waals surface area contributed by atoms with Crippen molar-refractivity contribution < 1.29 is 18.7 Å². The average Bonchev–Trinajstić information content (AvgIpc) is 2.73. The summed E-state index contributed by atoms with van der Waals surface area (Å²) < 4.78 is 25.0. The van der Waals surface area contributed by atoms with Crippen molar-refractivity contribution >= 4 is 5.91 Å². The number of benzene rings is 1. The topological polar surface area (TPSA) is 50.8 Å². The number of nitrogens with one attached hydrogen (secondary N) is 1. The summed E-state index contributed by atoms with van der Waals surface area (Å²) in [6.07, 6.45) is 5.63. The SMILES string of the molecule is CCC(Oc1ccccc1F)C(=O)NCC1(N2CCOCC2)CCCCC1. The normalized spacial score (nSPS) is 21.4. The molecule has 2 aliphatic rings. The number of carbonyl (C=O) groups is 1. The van der Waals surface area contributed by atoms with E-state index in [0.29, 0.717) is 13.0 Å². The molecular weight excluding hydrogens is 347 g/mol. The molecule has 1 N–H and O–H groups in total. The van der Waals surface area contributed by atoms with Crippen LogP contribution in [0.1, 0.15) is 45.4 Å². The molecule has 5 nitrogen and oxygen atoms in total. The van der Waals surface area contributed by atoms with Crippen LogP contribution in [-0.2, 0) is 9.53 Å². The predicted octanol–water partition coefficient (Wildman–Crippen LogP) is 3.13. The highest BCUT2D eigenvalue weighted by Crippen LogP contribution is 2.34. The van der Waals surface area contributed by atoms with Crippen molar-refractivity contribution in [3.8, 4) is 5.75 Å². The predicted molar refractivity (Wildman–Crippen MR) is 102 cm³/mol. The molecular formula is C21H31FN2O3. The van der Waals surface area contributed by atoms with Gasteiger partial charge in [-0.1, -0.05) is 38.3 Å². The Morgan fingerprint density at radius 1 is 1.26 bits per heavy atom. The lowest BCUT2D eigenvalue weighted by molar-refractivity contribution is -0.129. The number of rotatable bonds is 7. The molecule has 0 radical (unpaired) electrons. The number of para-hydroxylation sites is 1. The van der Waals surface area contributed by atoms with E-state index in [-0.39, 0.29) is 17.2 Å². The quantitative estimate of drug-likeness (QED) is 0.792. The van der Waals surface area contributed by atoms with Crippen molar-refractivity contribution in [2.24, 2.45) is 0 Å². The van der Waals surface area contributed by atoms with Gasteiger partial charge in [-0.3, -0.25) is 9.69 Å². The van der Waals surface area contributed by atoms with Gasteiger partial charge in [0.25, 0.3) is 5.91 Å². The number of halogens is 1. The molecule has 1 aromatic rings. The van der Waals surface area contributed by atoms with E-state index in [1.165, 1.54) is 25.3 Å². The second-order valence-corrected chi connectivity index (χ2v) is 7.55. The molecule has 1 amide bonds. The largest absolute Gasteiger partial charge is 0.478 e. The number of morpholine rings is 1. The highest BCUT2D eigenvalue weighted by Gasteiger charge is 2.39. The summed E-state index contributed by atoms with van der Waals surface area (Å²) in [5.74, 6) is -0.486. The third kappa shape index (κ3) is 4.99. The van der Waals surface area contributed by atoms with Gasteiger partial charge < -0.3 is 14.8 Å². The zero-order valence-corrected chi connectivity index (χ0v) is 16.2. The summed E-state index contributed by atoms with van der Waals surface area (Å²) in [6.45, 7) is 5.83. The molecule has 2 fully saturated rings. The zero-order valence-electron chi connectivity index (χ0n) is 16.2. The Morgan fingerprint density at radius 3 is 2.63 bits per heavy atom. The van der Waals surface area contributed by atoms with Crippen molar-refractivity contribution in [3.63, 3.8) is 0 Å². The third-order valence-electron chi connectivity index (χ3n) is 5.83. The highest BCUT2D eigenvalue weighted by atomic mass is 19.1. The Labute approximate surface area is 161 Å². The Bertz CT molecular complexity index is 613. The van der Waals surface area contributed by atoms with Gasteiger partial charge in [-0.05, 0) is 31.4 Å². The average molecular weight is 378 g/mol. The van der Waals surface area contributed by atoms with Gasteiger partial charge in [0, 0.05) is 25.2 Å². The van der Waals surface area contributed by atoms with E-state index in [1.807, 2.05) is 6.92 Å². The van der Waals surface area contributed by atoms with Crippen LogP contribution in [0.15, 0.2) is 24.3 Å². The molecule has 0 spiro atoms. The number of nitrogens with zero attached hydrogens (tertiary/aromatic N) is 1. The minimum absolute atomic E-state index is 0.00792. The summed E-state index contributed by atoms with van der Waals surface area (Å²) in [4.78, 5) is 15.3. The summed E-state index contributed by atoms with van der Waals surface area (Å²) >= 11 is 0. The fourth-order valence-corrected chi connectivity index (χ4v) is 4.23. The van der Waals surface area contributed by atoms with Crippen LogP contribution >= 0.6 is 0 Å². The second-order valence-electron chi connectivity index (χ2n) is 7.55. The first kappa shape index (κ1) is 20.1. The Kier molecular flexibility index (Phi) is 7.07. The molecule has 1 saturated carbocycles. The van der Waals surface area contributed by atoms with Crippen LogP contribution in [0.4, 0.5) is 4.39 Å². The summed E-state index contributed by atoms with van der Waals surface area (Å²) in [5, 5.41) is 3.11. The van der Waals surface area contributed by atoms with E-state index in [0.717, 1.165) is 39.1 Å². The van der Waals surface area contributed by atoms with Crippen LogP contribution in [0.25, 0.3) is 0 Å². The second kappa shape index (κ2) is 9.51. The van der Waals surface area contributed by atoms with Crippen molar-refractivity contribution in [3.05, 3.63) is 30.1 Å². The van der Waals surface area contributed by atoms with Crippen molar-refractivity contribution in [1.82, 2.24) is 10.2 Å². The molecule has 3 rings (SSSR count). The van der Waals surface area contributed by atoms with E-state index in [1.54, 1.807) is 18.2 Å². The Hall–Kier alpha value is -1.66. The highest BCUT2D eigenvalue weighted by molar-refractivity contribution is 5.81. The molecule has 1 aliphatic heterocycles. The molecule has 0 bridgehead atoms. The maximum Gasteiger partial charge on any atom is 0.261 e. The van der Waals surface area contributed by atoms with Gasteiger partial charge in [0.05, 0.1) is 13.2 Å². The lowest BCUT2D eigenvalue weighted by atomic mass is 9.79. The number of ether oxygens (including phenoxy) is 2. The number of hydrogen-bond acceptors (Lipinski definition) is 4. The minimum atomic E-state index is -0.688. The number of hydrogen-bond donors (Lipinski definition) is 1. The van der Waals surface area contributed by atoms with Gasteiger partial charge in [0.2, 0.25) is 0 Å². The van der Waals surface area contributed by atoms with Crippen LogP contribution in [0.5, 0.6) is 5.75 Å². The smallest absolute Gasteiger partial charge is 0.261 e. The minimum Gasteiger partial charge on any atom is -0.478 e. The van der Waals surface area contributed by atoms with E-state index in [4.69, 9.17) is 9.47 Å². The molecule has 1 unspecified atom stereocenters. The fourth-order valence-electron chi connectivity index (χ4n) is 4.23. The van der Waals surface area contributed by atoms with E-state index >= 15 is 0 Å². The molecule has 1 heterocycles. The Morgan fingerprint density at radius 2 is 1.96 bits per heavy atom. The van der Waals surface area contributed by atoms with Gasteiger partial charge in [-0.25, -0.2) is 4.39 Å². The monoisotopic (exact) mass is 378 g/mol. The summed E-state index contributed by atoms with van der Waals surface area (Å²) in [6, 6.07) is 6.22. The fraction of sp³-hybridized carbons (Fsp3) is 0.667. The van der Waals surface area contributed by atoms with E-state index in [2.05, 4.69) is 10.2 Å². The molecule has 27 heavy (non-hydrogen) atoms. The maximum atomic E-state index is 13.9. The molecule has 6 heteroatoms. The third-order valence-corrected chi connectivity index (χ3v) is 5.83. The van der Waals surface area contributed by atoms with Crippen molar-refractivity contribution in [2.75, 3.05) is 32.8 Å². The molecule has 1 atom stereocenters. The molecule has 1 aliphatic carbocycles. The van der Waals surface area contributed by atoms with Crippen LogP contribution < -0.4 is 10.1 Å². The van der Waals surface area contributed by atoms with Gasteiger partial charge in [0.1, 0.15) is 0 Å². The molecule has 1 saturated heterocycles. The lowest BCUT2D eigenvalue weighted by Gasteiger charge is -2.48. The standard InChI is InChI=1S/C21H31FN2O3/c1-2-18(27-19-9-5-4-8-17(19)22)20(25)23-16-21(10-6-3-7-11-21)24-12-14-26-15-13-24/h4-5,8-9,18H,2-3,6-7,10-16H2,1H3,(H,23,25). The maximum absolute atomic E-state index is 13.9. The van der Waals surface area contributed by atoms with Crippen LogP contribution in [0.2, 0.25) is 0 Å². The zero-order chi connectivity index (χ0) is 19.1. The van der Waals surface area contributed by atoms with Crippen LogP contribution in [0.3, 0.4) is 0 Å². The van der Waals surface area contributed by atoms with E-state index in [9.17, 15) is 9.18 Å². The molecule has 0 aromatic heterocycles. The first-order chi connectivity index (χ1) is 13.1. The first-order valence-electron chi connectivity index (χ1n) is 10.2. The molecule has 1 aromatic carbocycles. The van der Waals surface area contributed by atoms with Crippen LogP contribution in [-0.4, -0.2) is 55.3 Å². The molecule has 150 valence electrons. The number of amides is 1. The first-order valence-corrected chi connectivity index (χ1v) is 10.2. The summed E-state index contributed by atoms with van der Waals surface area (Å²) in [5.41, 5.74) is 0.00792. The summed E-state index contributed by atoms with van der Waals surface area (Å²) in [7, 11) is 0. The van der Waals surface area contributed by atoms with E-state index < -0.39 is 11.9 Å². The van der Waals surface area contributed by atoms with Gasteiger partial charge in [-0.2, -0.15) is 0 Å². The van der Waals surface area contributed by atoms with Crippen molar-refractivity contribution in [2.45, 2.75) is 57.1 Å². The van der Waals surface area contributed by atoms with Gasteiger partial charge in [-0.15, -0.1) is 0 Å². The van der Waals surface area contributed by atoms with Gasteiger partial charge >= 0.3 is 0 Å². The van der Waals surface area contributed by atoms with Gasteiger partial charge in [0.15, 0.2) is 17.7 Å². The Balaban J connectivity index is 1.63. The lowest BCUT2D eigenvalue weighted by Crippen LogP contribution is -2.60. The van der Waals surface area contributed by atoms with Crippen molar-refractivity contribution in [1.29, 1.82) is 0 Å².